The number of aryl methyl sites for hydroxylation is 3. The van der Waals surface area contributed by atoms with Gasteiger partial charge >= 0.3 is 0 Å². The third kappa shape index (κ3) is 5.95. The number of unbranched alkanes of at least 4 members (excludes halogenated alkanes) is 2. The van der Waals surface area contributed by atoms with Crippen molar-refractivity contribution in [1.82, 2.24) is 14.8 Å². The normalized spacial score (nSPS) is 11.0. The first-order chi connectivity index (χ1) is 14.4. The molecule has 0 aliphatic rings. The number of rotatable bonds is 10. The van der Waals surface area contributed by atoms with Crippen molar-refractivity contribution >= 4 is 11.8 Å². The molecule has 3 rings (SSSR count). The van der Waals surface area contributed by atoms with Gasteiger partial charge in [-0.2, -0.15) is 0 Å². The van der Waals surface area contributed by atoms with Crippen LogP contribution in [0.5, 0.6) is 0 Å². The second kappa shape index (κ2) is 10.4. The molecule has 0 aliphatic heterocycles. The molecule has 0 amide bonds. The second-order valence-electron chi connectivity index (χ2n) is 7.65. The third-order valence-corrected chi connectivity index (χ3v) is 6.00. The Balaban J connectivity index is 1.78. The summed E-state index contributed by atoms with van der Waals surface area (Å²) in [5.74, 6) is 1.48. The van der Waals surface area contributed by atoms with Gasteiger partial charge < -0.3 is 5.73 Å². The van der Waals surface area contributed by atoms with E-state index < -0.39 is 0 Å². The predicted octanol–water partition coefficient (Wildman–Crippen LogP) is 5.89. The Kier molecular flexibility index (Phi) is 7.69. The molecule has 4 nitrogen and oxygen atoms in total. The highest BCUT2D eigenvalue weighted by molar-refractivity contribution is 7.98. The van der Waals surface area contributed by atoms with Gasteiger partial charge in [-0.1, -0.05) is 43.0 Å². The van der Waals surface area contributed by atoms with Gasteiger partial charge in [0.15, 0.2) is 5.16 Å². The minimum absolute atomic E-state index is 0.204. The highest BCUT2D eigenvalue weighted by Gasteiger charge is 2.15. The van der Waals surface area contributed by atoms with Gasteiger partial charge in [0.25, 0.3) is 0 Å². The largest absolute Gasteiger partial charge is 0.403 e. The molecule has 2 aromatic carbocycles. The van der Waals surface area contributed by atoms with Crippen LogP contribution in [-0.4, -0.2) is 14.8 Å². The maximum absolute atomic E-state index is 13.4. The van der Waals surface area contributed by atoms with Crippen LogP contribution >= 0.6 is 11.8 Å². The standard InChI is InChI=1S/C24H29FN4S/c1-17-8-7-10-22(14-17)29-23(11-6-4-5-9-19(3)26)27-28-24(29)30-16-20-12-13-21(25)15-18(20)2/h7-8,10,12-15H,3-6,9,11,16,26H2,1-2H3. The van der Waals surface area contributed by atoms with Crippen LogP contribution < -0.4 is 5.73 Å². The molecule has 30 heavy (non-hydrogen) atoms. The number of halogens is 1. The van der Waals surface area contributed by atoms with Crippen molar-refractivity contribution in [1.29, 1.82) is 0 Å². The van der Waals surface area contributed by atoms with E-state index in [0.717, 1.165) is 65.6 Å². The van der Waals surface area contributed by atoms with E-state index in [4.69, 9.17) is 5.73 Å². The lowest BCUT2D eigenvalue weighted by Crippen LogP contribution is -2.04. The average molecular weight is 425 g/mol. The summed E-state index contributed by atoms with van der Waals surface area (Å²) in [7, 11) is 0. The summed E-state index contributed by atoms with van der Waals surface area (Å²) in [6.45, 7) is 7.78. The summed E-state index contributed by atoms with van der Waals surface area (Å²) in [6.07, 6.45) is 4.86. The number of aromatic nitrogens is 3. The fraction of sp³-hybridized carbons (Fsp3) is 0.333. The number of benzene rings is 2. The summed E-state index contributed by atoms with van der Waals surface area (Å²) in [5, 5.41) is 9.83. The van der Waals surface area contributed by atoms with Gasteiger partial charge in [-0.05, 0) is 74.1 Å². The van der Waals surface area contributed by atoms with E-state index in [1.807, 2.05) is 13.0 Å². The molecule has 0 saturated carbocycles. The molecule has 0 fully saturated rings. The van der Waals surface area contributed by atoms with E-state index in [1.165, 1.54) is 11.6 Å². The maximum Gasteiger partial charge on any atom is 0.196 e. The van der Waals surface area contributed by atoms with Crippen LogP contribution in [-0.2, 0) is 12.2 Å². The van der Waals surface area contributed by atoms with Gasteiger partial charge in [0.05, 0.1) is 0 Å². The summed E-state index contributed by atoms with van der Waals surface area (Å²) in [5.41, 5.74) is 10.7. The van der Waals surface area contributed by atoms with E-state index in [-0.39, 0.29) is 5.82 Å². The van der Waals surface area contributed by atoms with Crippen LogP contribution in [0.2, 0.25) is 0 Å². The van der Waals surface area contributed by atoms with Gasteiger partial charge in [0.2, 0.25) is 0 Å². The molecule has 0 spiro atoms. The summed E-state index contributed by atoms with van der Waals surface area (Å²) in [4.78, 5) is 0. The smallest absolute Gasteiger partial charge is 0.196 e. The first-order valence-corrected chi connectivity index (χ1v) is 11.2. The minimum Gasteiger partial charge on any atom is -0.403 e. The molecule has 0 radical (unpaired) electrons. The van der Waals surface area contributed by atoms with Gasteiger partial charge in [0, 0.05) is 23.6 Å². The highest BCUT2D eigenvalue weighted by Crippen LogP contribution is 2.27. The van der Waals surface area contributed by atoms with Gasteiger partial charge in [-0.25, -0.2) is 4.39 Å². The Labute approximate surface area is 182 Å². The quantitative estimate of drug-likeness (QED) is 0.326. The lowest BCUT2D eigenvalue weighted by Gasteiger charge is -2.12. The number of hydrogen-bond donors (Lipinski definition) is 1. The number of hydrogen-bond acceptors (Lipinski definition) is 4. The fourth-order valence-electron chi connectivity index (χ4n) is 3.36. The van der Waals surface area contributed by atoms with E-state index in [2.05, 4.69) is 52.5 Å². The van der Waals surface area contributed by atoms with Crippen molar-refractivity contribution in [3.05, 3.63) is 83.1 Å². The average Bonchev–Trinajstić information content (AvgIpc) is 3.09. The molecule has 1 heterocycles. The van der Waals surface area contributed by atoms with Crippen LogP contribution in [0.1, 0.15) is 48.2 Å². The first-order valence-electron chi connectivity index (χ1n) is 10.3. The topological polar surface area (TPSA) is 56.7 Å². The number of thioether (sulfide) groups is 1. The van der Waals surface area contributed by atoms with Crippen LogP contribution in [0.15, 0.2) is 59.9 Å². The van der Waals surface area contributed by atoms with Crippen LogP contribution in [0, 0.1) is 19.7 Å². The van der Waals surface area contributed by atoms with Crippen molar-refractivity contribution in [2.24, 2.45) is 5.73 Å². The molecular weight excluding hydrogens is 395 g/mol. The van der Waals surface area contributed by atoms with Crippen LogP contribution in [0.4, 0.5) is 4.39 Å². The monoisotopic (exact) mass is 424 g/mol. The molecule has 0 saturated heterocycles. The Morgan fingerprint density at radius 1 is 1.10 bits per heavy atom. The molecule has 3 aromatic rings. The number of nitrogens with zero attached hydrogens (tertiary/aromatic N) is 3. The zero-order valence-corrected chi connectivity index (χ0v) is 18.5. The zero-order valence-electron chi connectivity index (χ0n) is 17.7. The summed E-state index contributed by atoms with van der Waals surface area (Å²) < 4.78 is 15.6. The Morgan fingerprint density at radius 2 is 1.93 bits per heavy atom. The Hall–Kier alpha value is -2.60. The van der Waals surface area contributed by atoms with Crippen molar-refractivity contribution in [2.45, 2.75) is 56.9 Å². The van der Waals surface area contributed by atoms with E-state index in [9.17, 15) is 4.39 Å². The number of allylic oxidation sites excluding steroid dienone is 1. The van der Waals surface area contributed by atoms with Crippen molar-refractivity contribution < 1.29 is 4.39 Å². The van der Waals surface area contributed by atoms with Crippen LogP contribution in [0.25, 0.3) is 5.69 Å². The predicted molar refractivity (Wildman–Crippen MR) is 122 cm³/mol. The molecule has 0 bridgehead atoms. The first kappa shape index (κ1) is 22.1. The lowest BCUT2D eigenvalue weighted by molar-refractivity contribution is 0.626. The highest BCUT2D eigenvalue weighted by atomic mass is 32.2. The van der Waals surface area contributed by atoms with E-state index in [1.54, 1.807) is 17.8 Å². The Morgan fingerprint density at radius 3 is 2.67 bits per heavy atom. The summed E-state index contributed by atoms with van der Waals surface area (Å²) >= 11 is 1.63. The fourth-order valence-corrected chi connectivity index (χ4v) is 4.40. The molecule has 6 heteroatoms. The lowest BCUT2D eigenvalue weighted by atomic mass is 10.1. The summed E-state index contributed by atoms with van der Waals surface area (Å²) in [6, 6.07) is 13.3. The maximum atomic E-state index is 13.4. The Bertz CT molecular complexity index is 1010. The molecule has 0 unspecified atom stereocenters. The second-order valence-corrected chi connectivity index (χ2v) is 8.59. The van der Waals surface area contributed by atoms with Gasteiger partial charge in [-0.15, -0.1) is 10.2 Å². The van der Waals surface area contributed by atoms with Crippen molar-refractivity contribution in [3.8, 4) is 5.69 Å². The van der Waals surface area contributed by atoms with Gasteiger partial charge in [-0.3, -0.25) is 4.57 Å². The van der Waals surface area contributed by atoms with E-state index in [0.29, 0.717) is 5.75 Å². The SMILES string of the molecule is C=C(N)CCCCCc1nnc(SCc2ccc(F)cc2C)n1-c1cccc(C)c1. The third-order valence-electron chi connectivity index (χ3n) is 5.02. The minimum atomic E-state index is -0.204. The van der Waals surface area contributed by atoms with Crippen LogP contribution in [0.3, 0.4) is 0 Å². The molecule has 158 valence electrons. The molecule has 2 N–H and O–H groups in total. The van der Waals surface area contributed by atoms with Gasteiger partial charge in [0.1, 0.15) is 11.6 Å². The molecule has 0 aliphatic carbocycles. The molecular formula is C24H29FN4S. The number of nitrogens with two attached hydrogens (primary N) is 1. The zero-order chi connectivity index (χ0) is 21.5. The van der Waals surface area contributed by atoms with Crippen molar-refractivity contribution in [3.63, 3.8) is 0 Å². The van der Waals surface area contributed by atoms with E-state index >= 15 is 0 Å². The molecule has 0 atom stereocenters. The van der Waals surface area contributed by atoms with Crippen molar-refractivity contribution in [2.75, 3.05) is 0 Å². The molecule has 1 aromatic heterocycles.